The van der Waals surface area contributed by atoms with Gasteiger partial charge < -0.3 is 0 Å². The molecular formula is C36H60O3S. The first-order valence-electron chi connectivity index (χ1n) is 17.0. The van der Waals surface area contributed by atoms with Gasteiger partial charge >= 0.3 is 0 Å². The van der Waals surface area contributed by atoms with Crippen LogP contribution in [-0.4, -0.2) is 13.0 Å². The number of benzene rings is 2. The van der Waals surface area contributed by atoms with Crippen molar-refractivity contribution in [3.63, 3.8) is 0 Å². The predicted molar refractivity (Wildman–Crippen MR) is 174 cm³/mol. The van der Waals surface area contributed by atoms with Crippen LogP contribution in [0, 0.1) is 0 Å². The fraction of sp³-hybridized carbons (Fsp3) is 0.722. The highest BCUT2D eigenvalue weighted by Gasteiger charge is 2.17. The van der Waals surface area contributed by atoms with Gasteiger partial charge in [0.25, 0.3) is 10.1 Å². The molecule has 0 aliphatic rings. The van der Waals surface area contributed by atoms with E-state index in [1.54, 1.807) is 6.07 Å². The molecule has 0 unspecified atom stereocenters. The summed E-state index contributed by atoms with van der Waals surface area (Å²) in [6.07, 6.45) is 30.4. The minimum absolute atomic E-state index is 0.0962. The van der Waals surface area contributed by atoms with Gasteiger partial charge in [0.1, 0.15) is 0 Å². The minimum Gasteiger partial charge on any atom is -0.282 e. The van der Waals surface area contributed by atoms with Crippen LogP contribution in [0.2, 0.25) is 0 Å². The summed E-state index contributed by atoms with van der Waals surface area (Å²) in [5.41, 5.74) is 2.08. The van der Waals surface area contributed by atoms with Crippen molar-refractivity contribution in [1.29, 1.82) is 0 Å². The average Bonchev–Trinajstić information content (AvgIpc) is 2.93. The van der Waals surface area contributed by atoms with Crippen LogP contribution in [0.5, 0.6) is 0 Å². The van der Waals surface area contributed by atoms with Gasteiger partial charge in [-0.05, 0) is 59.7 Å². The van der Waals surface area contributed by atoms with E-state index >= 15 is 0 Å². The molecular weight excluding hydrogens is 512 g/mol. The lowest BCUT2D eigenvalue weighted by atomic mass is 9.95. The summed E-state index contributed by atoms with van der Waals surface area (Å²) in [7, 11) is -4.24. The Morgan fingerprint density at radius 1 is 0.525 bits per heavy atom. The summed E-state index contributed by atoms with van der Waals surface area (Å²) in [6, 6.07) is 9.94. The Hall–Kier alpha value is -1.39. The van der Waals surface area contributed by atoms with Gasteiger partial charge in [-0.1, -0.05) is 160 Å². The smallest absolute Gasteiger partial charge is 0.282 e. The quantitative estimate of drug-likeness (QED) is 0.0950. The topological polar surface area (TPSA) is 54.4 Å². The summed E-state index contributed by atoms with van der Waals surface area (Å²) >= 11 is 0. The summed E-state index contributed by atoms with van der Waals surface area (Å²) in [4.78, 5) is 0.0962. The Bertz CT molecular complexity index is 1030. The van der Waals surface area contributed by atoms with Crippen LogP contribution >= 0.6 is 0 Å². The van der Waals surface area contributed by atoms with E-state index in [0.29, 0.717) is 6.42 Å². The highest BCUT2D eigenvalue weighted by atomic mass is 32.2. The summed E-state index contributed by atoms with van der Waals surface area (Å²) in [5, 5.41) is 2.07. The zero-order chi connectivity index (χ0) is 28.9. The first kappa shape index (κ1) is 34.8. The second kappa shape index (κ2) is 21.3. The van der Waals surface area contributed by atoms with Gasteiger partial charge in [0.05, 0.1) is 4.90 Å². The molecule has 2 aromatic carbocycles. The molecule has 2 rings (SSSR count). The maximum absolute atomic E-state index is 12.2. The fourth-order valence-corrected chi connectivity index (χ4v) is 6.80. The van der Waals surface area contributed by atoms with Crippen LogP contribution in [0.1, 0.15) is 166 Å². The van der Waals surface area contributed by atoms with Crippen molar-refractivity contribution in [2.45, 2.75) is 173 Å². The zero-order valence-electron chi connectivity index (χ0n) is 26.0. The molecule has 1 N–H and O–H groups in total. The van der Waals surface area contributed by atoms with E-state index in [1.165, 1.54) is 134 Å². The standard InChI is InChI=1S/C36H60O3S/c1-3-5-7-9-11-13-15-17-19-21-23-26-32-28-25-29-33-31-36(40(37,38)39)34(30-35(32)33)27-24-22-20-18-16-14-12-10-8-6-4-2/h25,28-31H,3-24,26-27H2,1-2H3,(H,37,38,39). The van der Waals surface area contributed by atoms with E-state index in [9.17, 15) is 13.0 Å². The molecule has 2 aromatic rings. The van der Waals surface area contributed by atoms with Gasteiger partial charge in [0.15, 0.2) is 0 Å². The molecule has 0 aromatic heterocycles. The largest absolute Gasteiger partial charge is 0.294 e. The molecule has 0 saturated carbocycles. The molecule has 3 nitrogen and oxygen atoms in total. The van der Waals surface area contributed by atoms with Crippen LogP contribution in [-0.2, 0) is 23.0 Å². The van der Waals surface area contributed by atoms with Crippen molar-refractivity contribution in [2.75, 3.05) is 0 Å². The maximum Gasteiger partial charge on any atom is 0.294 e. The van der Waals surface area contributed by atoms with Gasteiger partial charge in [-0.2, -0.15) is 8.42 Å². The molecule has 0 fully saturated rings. The third kappa shape index (κ3) is 14.5. The Labute approximate surface area is 247 Å². The fourth-order valence-electron chi connectivity index (χ4n) is 6.03. The summed E-state index contributed by atoms with van der Waals surface area (Å²) in [5.74, 6) is 0. The number of fused-ring (bicyclic) bond motifs is 1. The summed E-state index contributed by atoms with van der Waals surface area (Å²) in [6.45, 7) is 4.53. The highest BCUT2D eigenvalue weighted by Crippen LogP contribution is 2.29. The molecule has 0 saturated heterocycles. The number of hydrogen-bond acceptors (Lipinski definition) is 2. The predicted octanol–water partition coefficient (Wildman–Crippen LogP) is 11.8. The van der Waals surface area contributed by atoms with E-state index in [1.807, 2.05) is 12.1 Å². The van der Waals surface area contributed by atoms with Crippen molar-refractivity contribution < 1.29 is 13.0 Å². The average molecular weight is 573 g/mol. The second-order valence-corrected chi connectivity index (χ2v) is 13.5. The van der Waals surface area contributed by atoms with Crippen molar-refractivity contribution in [1.82, 2.24) is 0 Å². The van der Waals surface area contributed by atoms with E-state index < -0.39 is 10.1 Å². The number of rotatable bonds is 25. The summed E-state index contributed by atoms with van der Waals surface area (Å²) < 4.78 is 34.4. The molecule has 0 heterocycles. The molecule has 0 amide bonds. The highest BCUT2D eigenvalue weighted by molar-refractivity contribution is 7.85. The SMILES string of the molecule is CCCCCCCCCCCCCc1cc2c(CCCCCCCCCCCCC)cccc2cc1S(=O)(=O)O. The molecule has 0 bridgehead atoms. The first-order chi connectivity index (χ1) is 19.5. The van der Waals surface area contributed by atoms with E-state index in [2.05, 4.69) is 26.0 Å². The monoisotopic (exact) mass is 572 g/mol. The second-order valence-electron chi connectivity index (χ2n) is 12.1. The molecule has 228 valence electrons. The van der Waals surface area contributed by atoms with Gasteiger partial charge in [0, 0.05) is 0 Å². The molecule has 40 heavy (non-hydrogen) atoms. The Balaban J connectivity index is 1.81. The van der Waals surface area contributed by atoms with Crippen molar-refractivity contribution in [3.05, 3.63) is 41.5 Å². The van der Waals surface area contributed by atoms with Crippen LogP contribution < -0.4 is 0 Å². The van der Waals surface area contributed by atoms with Crippen LogP contribution in [0.15, 0.2) is 35.2 Å². The van der Waals surface area contributed by atoms with Crippen LogP contribution in [0.25, 0.3) is 10.8 Å². The zero-order valence-corrected chi connectivity index (χ0v) is 26.8. The lowest BCUT2D eigenvalue weighted by Gasteiger charge is -2.13. The van der Waals surface area contributed by atoms with E-state index in [0.717, 1.165) is 35.6 Å². The van der Waals surface area contributed by atoms with Crippen LogP contribution in [0.4, 0.5) is 0 Å². The van der Waals surface area contributed by atoms with Gasteiger partial charge in [-0.3, -0.25) is 4.55 Å². The lowest BCUT2D eigenvalue weighted by Crippen LogP contribution is -2.04. The lowest BCUT2D eigenvalue weighted by molar-refractivity contribution is 0.481. The van der Waals surface area contributed by atoms with E-state index in [4.69, 9.17) is 0 Å². The third-order valence-electron chi connectivity index (χ3n) is 8.53. The Morgan fingerprint density at radius 3 is 1.35 bits per heavy atom. The van der Waals surface area contributed by atoms with Crippen molar-refractivity contribution >= 4 is 20.9 Å². The molecule has 0 atom stereocenters. The van der Waals surface area contributed by atoms with Gasteiger partial charge in [-0.25, -0.2) is 0 Å². The van der Waals surface area contributed by atoms with Crippen LogP contribution in [0.3, 0.4) is 0 Å². The van der Waals surface area contributed by atoms with Crippen molar-refractivity contribution in [2.24, 2.45) is 0 Å². The molecule has 0 radical (unpaired) electrons. The normalized spacial score (nSPS) is 12.0. The Kier molecular flexibility index (Phi) is 18.6. The molecule has 0 aliphatic heterocycles. The van der Waals surface area contributed by atoms with Gasteiger partial charge in [-0.15, -0.1) is 0 Å². The molecule has 0 spiro atoms. The first-order valence-corrected chi connectivity index (χ1v) is 18.4. The van der Waals surface area contributed by atoms with E-state index in [-0.39, 0.29) is 4.90 Å². The number of unbranched alkanes of at least 4 members (excludes halogenated alkanes) is 20. The number of aryl methyl sites for hydroxylation is 2. The third-order valence-corrected chi connectivity index (χ3v) is 9.46. The molecule has 0 aliphatic carbocycles. The molecule has 4 heteroatoms. The van der Waals surface area contributed by atoms with Gasteiger partial charge in [0.2, 0.25) is 0 Å². The maximum atomic E-state index is 12.2. The number of hydrogen-bond donors (Lipinski definition) is 1. The Morgan fingerprint density at radius 2 is 0.925 bits per heavy atom. The van der Waals surface area contributed by atoms with Crippen molar-refractivity contribution in [3.8, 4) is 0 Å². The minimum atomic E-state index is -4.24.